The largest absolute Gasteiger partial charge is 0.345 e. The van der Waals surface area contributed by atoms with Crippen molar-refractivity contribution in [1.82, 2.24) is 29.1 Å². The summed E-state index contributed by atoms with van der Waals surface area (Å²) in [4.78, 5) is 30.8. The van der Waals surface area contributed by atoms with Crippen LogP contribution < -0.4 is 0 Å². The maximum absolute atomic E-state index is 13.2. The third-order valence-electron chi connectivity index (χ3n) is 6.59. The average molecular weight is 509 g/mol. The molecule has 0 saturated carbocycles. The van der Waals surface area contributed by atoms with Crippen molar-refractivity contribution < 1.29 is 13.2 Å². The molecule has 11 heteroatoms. The number of aromatic nitrogens is 4. The van der Waals surface area contributed by atoms with Gasteiger partial charge >= 0.3 is 0 Å². The number of carbonyl (C=O) groups excluding carboxylic acids is 1. The predicted octanol–water partition coefficient (Wildman–Crippen LogP) is 2.92. The Balaban J connectivity index is 1.17. The van der Waals surface area contributed by atoms with E-state index in [1.807, 2.05) is 12.3 Å². The van der Waals surface area contributed by atoms with Gasteiger partial charge in [-0.2, -0.15) is 4.31 Å². The van der Waals surface area contributed by atoms with Crippen molar-refractivity contribution in [1.29, 1.82) is 0 Å². The molecule has 6 rings (SSSR count). The zero-order valence-corrected chi connectivity index (χ0v) is 20.2. The van der Waals surface area contributed by atoms with E-state index in [4.69, 9.17) is 11.6 Å². The number of hydrogen-bond donors (Lipinski definition) is 1. The van der Waals surface area contributed by atoms with Crippen LogP contribution in [0, 0.1) is 0 Å². The molecule has 1 aliphatic carbocycles. The lowest BCUT2D eigenvalue weighted by molar-refractivity contribution is 0.0685. The van der Waals surface area contributed by atoms with Crippen LogP contribution in [0.1, 0.15) is 21.9 Å². The molecule has 0 unspecified atom stereocenters. The van der Waals surface area contributed by atoms with E-state index in [1.54, 1.807) is 41.6 Å². The number of benzene rings is 1. The maximum Gasteiger partial charge on any atom is 0.291 e. The molecule has 2 aliphatic rings. The first kappa shape index (κ1) is 22.1. The molecule has 1 aromatic carbocycles. The number of sulfonamides is 1. The second kappa shape index (κ2) is 8.40. The minimum Gasteiger partial charge on any atom is -0.345 e. The number of fused-ring (bicyclic) bond motifs is 4. The van der Waals surface area contributed by atoms with Gasteiger partial charge in [-0.3, -0.25) is 9.78 Å². The van der Waals surface area contributed by atoms with E-state index >= 15 is 0 Å². The molecule has 1 amide bonds. The van der Waals surface area contributed by atoms with Gasteiger partial charge in [-0.25, -0.2) is 18.4 Å². The van der Waals surface area contributed by atoms with Crippen LogP contribution in [0.15, 0.2) is 53.9 Å². The zero-order valence-electron chi connectivity index (χ0n) is 18.6. The number of aryl methyl sites for hydroxylation is 2. The van der Waals surface area contributed by atoms with Gasteiger partial charge in [0.25, 0.3) is 15.9 Å². The standard InChI is InChI=1S/C24H21ClN6O3S/c25-17-2-4-20-16(11-17)12-22(28-20)35(33,34)31-9-7-30(8-10-31)24(32)23-27-14-19-18-5-6-26-13-15(18)1-3-21(19)29-23/h2,4-6,11-14,28H,1,3,7-10H2. The number of pyridine rings is 1. The van der Waals surface area contributed by atoms with E-state index in [0.717, 1.165) is 40.6 Å². The van der Waals surface area contributed by atoms with E-state index in [9.17, 15) is 13.2 Å². The van der Waals surface area contributed by atoms with Gasteiger partial charge in [-0.15, -0.1) is 0 Å². The SMILES string of the molecule is O=C(c1ncc2c(n1)CCc1cnccc1-2)N1CCN(S(=O)(=O)c2cc3cc(Cl)ccc3[nH]2)CC1. The monoisotopic (exact) mass is 508 g/mol. The quantitative estimate of drug-likeness (QED) is 0.455. The number of amides is 1. The highest BCUT2D eigenvalue weighted by molar-refractivity contribution is 7.89. The second-order valence-electron chi connectivity index (χ2n) is 8.65. The Bertz CT molecular complexity index is 1580. The summed E-state index contributed by atoms with van der Waals surface area (Å²) in [5.74, 6) is -0.143. The summed E-state index contributed by atoms with van der Waals surface area (Å²) in [7, 11) is -3.73. The number of nitrogens with zero attached hydrogens (tertiary/aromatic N) is 5. The molecule has 1 fully saturated rings. The van der Waals surface area contributed by atoms with Crippen LogP contribution in [0.2, 0.25) is 5.02 Å². The first-order valence-electron chi connectivity index (χ1n) is 11.3. The van der Waals surface area contributed by atoms with Crippen LogP contribution in [0.3, 0.4) is 0 Å². The fourth-order valence-electron chi connectivity index (χ4n) is 4.71. The van der Waals surface area contributed by atoms with Crippen LogP contribution in [-0.2, 0) is 22.9 Å². The van der Waals surface area contributed by atoms with Gasteiger partial charge in [0, 0.05) is 66.3 Å². The Morgan fingerprint density at radius 3 is 2.66 bits per heavy atom. The molecule has 9 nitrogen and oxygen atoms in total. The molecule has 178 valence electrons. The number of carbonyl (C=O) groups is 1. The van der Waals surface area contributed by atoms with E-state index < -0.39 is 10.0 Å². The summed E-state index contributed by atoms with van der Waals surface area (Å²) in [6.07, 6.45) is 6.84. The van der Waals surface area contributed by atoms with Gasteiger partial charge in [-0.05, 0) is 54.3 Å². The van der Waals surface area contributed by atoms with Crippen LogP contribution in [-0.4, -0.2) is 69.6 Å². The van der Waals surface area contributed by atoms with Crippen molar-refractivity contribution >= 4 is 38.4 Å². The molecule has 1 aliphatic heterocycles. The van der Waals surface area contributed by atoms with Gasteiger partial charge in [0.05, 0.1) is 5.69 Å². The summed E-state index contributed by atoms with van der Waals surface area (Å²) in [6.45, 7) is 0.906. The molecule has 35 heavy (non-hydrogen) atoms. The van der Waals surface area contributed by atoms with Gasteiger partial charge in [-0.1, -0.05) is 11.6 Å². The smallest absolute Gasteiger partial charge is 0.291 e. The van der Waals surface area contributed by atoms with Crippen molar-refractivity contribution in [3.63, 3.8) is 0 Å². The van der Waals surface area contributed by atoms with Crippen LogP contribution in [0.5, 0.6) is 0 Å². The lowest BCUT2D eigenvalue weighted by Gasteiger charge is -2.33. The van der Waals surface area contributed by atoms with Crippen molar-refractivity contribution in [2.45, 2.75) is 17.9 Å². The Morgan fingerprint density at radius 2 is 1.83 bits per heavy atom. The minimum absolute atomic E-state index is 0.114. The summed E-state index contributed by atoms with van der Waals surface area (Å²) in [5.41, 5.74) is 4.68. The summed E-state index contributed by atoms with van der Waals surface area (Å²) in [5, 5.41) is 1.38. The first-order valence-corrected chi connectivity index (χ1v) is 13.1. The van der Waals surface area contributed by atoms with Crippen molar-refractivity contribution in [3.8, 4) is 11.1 Å². The zero-order chi connectivity index (χ0) is 24.2. The summed E-state index contributed by atoms with van der Waals surface area (Å²) in [6, 6.07) is 8.71. The molecule has 0 spiro atoms. The number of halogens is 1. The van der Waals surface area contributed by atoms with E-state index in [2.05, 4.69) is 19.9 Å². The normalized spacial score (nSPS) is 16.2. The fourth-order valence-corrected chi connectivity index (χ4v) is 6.32. The van der Waals surface area contributed by atoms with Crippen LogP contribution in [0.4, 0.5) is 0 Å². The highest BCUT2D eigenvalue weighted by atomic mass is 35.5. The molecule has 4 aromatic rings. The second-order valence-corrected chi connectivity index (χ2v) is 11.0. The number of rotatable bonds is 3. The third-order valence-corrected chi connectivity index (χ3v) is 8.64. The minimum atomic E-state index is -3.73. The summed E-state index contributed by atoms with van der Waals surface area (Å²) >= 11 is 6.02. The Hall–Kier alpha value is -3.34. The number of nitrogens with one attached hydrogen (secondary N) is 1. The summed E-state index contributed by atoms with van der Waals surface area (Å²) < 4.78 is 27.7. The van der Waals surface area contributed by atoms with E-state index in [1.165, 1.54) is 4.31 Å². The number of aromatic amines is 1. The molecule has 1 N–H and O–H groups in total. The van der Waals surface area contributed by atoms with Crippen LogP contribution in [0.25, 0.3) is 22.0 Å². The van der Waals surface area contributed by atoms with E-state index in [0.29, 0.717) is 10.5 Å². The maximum atomic E-state index is 13.2. The molecule has 4 heterocycles. The average Bonchev–Trinajstić information content (AvgIpc) is 3.32. The van der Waals surface area contributed by atoms with Crippen molar-refractivity contribution in [2.75, 3.05) is 26.2 Å². The molecule has 0 atom stereocenters. The van der Waals surface area contributed by atoms with Gasteiger partial charge < -0.3 is 9.88 Å². The number of H-pyrrole nitrogens is 1. The molecule has 0 bridgehead atoms. The predicted molar refractivity (Wildman–Crippen MR) is 131 cm³/mol. The van der Waals surface area contributed by atoms with Crippen molar-refractivity contribution in [3.05, 3.63) is 71.0 Å². The Kier molecular flexibility index (Phi) is 5.32. The number of piperazine rings is 1. The lowest BCUT2D eigenvalue weighted by atomic mass is 9.91. The number of hydrogen-bond acceptors (Lipinski definition) is 6. The Labute approximate surface area is 206 Å². The molecular formula is C24H21ClN6O3S. The molecule has 3 aromatic heterocycles. The topological polar surface area (TPSA) is 112 Å². The third kappa shape index (κ3) is 3.87. The first-order chi connectivity index (χ1) is 16.9. The van der Waals surface area contributed by atoms with Gasteiger partial charge in [0.1, 0.15) is 5.03 Å². The molecular weight excluding hydrogens is 488 g/mol. The van der Waals surface area contributed by atoms with E-state index in [-0.39, 0.29) is 42.9 Å². The van der Waals surface area contributed by atoms with Gasteiger partial charge in [0.2, 0.25) is 5.82 Å². The van der Waals surface area contributed by atoms with Crippen molar-refractivity contribution in [2.24, 2.45) is 0 Å². The Morgan fingerprint density at radius 1 is 1.00 bits per heavy atom. The van der Waals surface area contributed by atoms with Gasteiger partial charge in [0.15, 0.2) is 0 Å². The highest BCUT2D eigenvalue weighted by Gasteiger charge is 2.32. The molecule has 1 saturated heterocycles. The highest BCUT2D eigenvalue weighted by Crippen LogP contribution is 2.31. The fraction of sp³-hybridized carbons (Fsp3) is 0.250. The molecule has 0 radical (unpaired) electrons. The van der Waals surface area contributed by atoms with Crippen LogP contribution >= 0.6 is 11.6 Å². The lowest BCUT2D eigenvalue weighted by Crippen LogP contribution is -2.50.